The van der Waals surface area contributed by atoms with Gasteiger partial charge in [-0.1, -0.05) is 18.2 Å². The molecule has 3 heteroatoms. The Balaban J connectivity index is 2.87. The molecule has 0 spiro atoms. The van der Waals surface area contributed by atoms with Crippen molar-refractivity contribution in [3.8, 4) is 0 Å². The van der Waals surface area contributed by atoms with Crippen molar-refractivity contribution in [3.05, 3.63) is 17.5 Å². The highest BCUT2D eigenvalue weighted by molar-refractivity contribution is 5.60. The van der Waals surface area contributed by atoms with E-state index in [0.29, 0.717) is 11.4 Å². The minimum Gasteiger partial charge on any atom is -0.394 e. The quantitative estimate of drug-likeness (QED) is 0.705. The first-order valence-electron chi connectivity index (χ1n) is 3.64. The molecule has 0 atom stereocenters. The molecule has 0 unspecified atom stereocenters. The smallest absolute Gasteiger partial charge is 0.182 e. The van der Waals surface area contributed by atoms with Gasteiger partial charge >= 0.3 is 0 Å². The van der Waals surface area contributed by atoms with Gasteiger partial charge in [-0.05, 0) is 19.4 Å². The number of rotatable bonds is 2. The first-order valence-corrected chi connectivity index (χ1v) is 3.64. The van der Waals surface area contributed by atoms with Gasteiger partial charge in [-0.25, -0.2) is 0 Å². The number of hydrogen-bond acceptors (Lipinski definition) is 3. The van der Waals surface area contributed by atoms with Crippen molar-refractivity contribution in [3.63, 3.8) is 0 Å². The van der Waals surface area contributed by atoms with E-state index < -0.39 is 0 Å². The lowest BCUT2D eigenvalue weighted by Gasteiger charge is -1.85. The summed E-state index contributed by atoms with van der Waals surface area (Å²) < 4.78 is 4.94. The third-order valence-electron chi connectivity index (χ3n) is 1.44. The summed E-state index contributed by atoms with van der Waals surface area (Å²) in [7, 11) is 0. The van der Waals surface area contributed by atoms with Gasteiger partial charge in [0.2, 0.25) is 0 Å². The molecule has 0 aromatic carbocycles. The lowest BCUT2D eigenvalue weighted by Crippen LogP contribution is -1.86. The number of nitrogens with two attached hydrogens (primary N) is 1. The Morgan fingerprint density at radius 2 is 2.36 bits per heavy atom. The third-order valence-corrected chi connectivity index (χ3v) is 1.44. The Bertz CT molecular complexity index is 263. The maximum atomic E-state index is 5.64. The Morgan fingerprint density at radius 3 is 2.82 bits per heavy atom. The van der Waals surface area contributed by atoms with Crippen LogP contribution in [0, 0.1) is 6.92 Å². The number of allylic oxidation sites excluding steroid dienone is 1. The molecule has 1 heterocycles. The van der Waals surface area contributed by atoms with Crippen molar-refractivity contribution in [1.29, 1.82) is 0 Å². The zero-order chi connectivity index (χ0) is 8.27. The number of hydrogen-bond donors (Lipinski definition) is 1. The Labute approximate surface area is 65.9 Å². The molecule has 2 N–H and O–H groups in total. The van der Waals surface area contributed by atoms with Crippen LogP contribution >= 0.6 is 0 Å². The maximum absolute atomic E-state index is 5.64. The molecule has 0 aliphatic rings. The highest BCUT2D eigenvalue weighted by Gasteiger charge is 2.04. The Kier molecular flexibility index (Phi) is 2.31. The van der Waals surface area contributed by atoms with Crippen molar-refractivity contribution >= 4 is 11.8 Å². The monoisotopic (exact) mass is 152 g/mol. The van der Waals surface area contributed by atoms with Gasteiger partial charge in [0.05, 0.1) is 0 Å². The zero-order valence-electron chi connectivity index (χ0n) is 6.79. The molecule has 0 aliphatic carbocycles. The molecule has 0 fully saturated rings. The number of nitrogen functional groups attached to an aromatic ring is 1. The Hall–Kier alpha value is -1.25. The number of anilines is 1. The van der Waals surface area contributed by atoms with Crippen molar-refractivity contribution < 1.29 is 4.52 Å². The topological polar surface area (TPSA) is 52.0 Å². The zero-order valence-corrected chi connectivity index (χ0v) is 6.79. The van der Waals surface area contributed by atoms with E-state index >= 15 is 0 Å². The van der Waals surface area contributed by atoms with E-state index in [9.17, 15) is 0 Å². The van der Waals surface area contributed by atoms with Crippen LogP contribution in [0.4, 0.5) is 5.69 Å². The van der Waals surface area contributed by atoms with Crippen molar-refractivity contribution in [2.24, 2.45) is 0 Å². The maximum Gasteiger partial charge on any atom is 0.182 e. The van der Waals surface area contributed by atoms with E-state index in [1.54, 1.807) is 0 Å². The molecule has 1 aromatic rings. The van der Waals surface area contributed by atoms with Crippen LogP contribution in [-0.2, 0) is 0 Å². The van der Waals surface area contributed by atoms with E-state index in [0.717, 1.165) is 12.1 Å². The fourth-order valence-electron chi connectivity index (χ4n) is 0.739. The molecule has 0 amide bonds. The first kappa shape index (κ1) is 7.85. The average Bonchev–Trinajstić information content (AvgIpc) is 2.31. The highest BCUT2D eigenvalue weighted by Crippen LogP contribution is 2.16. The molecule has 0 saturated heterocycles. The average molecular weight is 152 g/mol. The summed E-state index contributed by atoms with van der Waals surface area (Å²) in [5.41, 5.74) is 7.02. The van der Waals surface area contributed by atoms with Gasteiger partial charge in [-0.3, -0.25) is 0 Å². The second-order valence-electron chi connectivity index (χ2n) is 2.36. The van der Waals surface area contributed by atoms with Crippen LogP contribution in [0.5, 0.6) is 0 Å². The van der Waals surface area contributed by atoms with Crippen LogP contribution in [0.15, 0.2) is 10.6 Å². The van der Waals surface area contributed by atoms with Crippen molar-refractivity contribution in [2.45, 2.75) is 20.3 Å². The van der Waals surface area contributed by atoms with Gasteiger partial charge in [0.25, 0.3) is 0 Å². The predicted octanol–water partition coefficient (Wildman–Crippen LogP) is 1.99. The summed E-state index contributed by atoms with van der Waals surface area (Å²) in [6.07, 6.45) is 4.80. The van der Waals surface area contributed by atoms with E-state index in [1.807, 2.05) is 19.1 Å². The molecule has 0 aliphatic heterocycles. The highest BCUT2D eigenvalue weighted by atomic mass is 16.5. The standard InChI is InChI=1S/C8H12N2O/c1-3-4-5-7-8(9)6(2)10-11-7/h4-5H,3,9H2,1-2H3/b5-4+. The van der Waals surface area contributed by atoms with Crippen LogP contribution in [-0.4, -0.2) is 5.16 Å². The van der Waals surface area contributed by atoms with Gasteiger partial charge in [-0.15, -0.1) is 0 Å². The van der Waals surface area contributed by atoms with E-state index in [2.05, 4.69) is 12.1 Å². The number of aryl methyl sites for hydroxylation is 1. The Morgan fingerprint density at radius 1 is 1.64 bits per heavy atom. The molecular weight excluding hydrogens is 140 g/mol. The van der Waals surface area contributed by atoms with Crippen LogP contribution in [0.25, 0.3) is 6.08 Å². The summed E-state index contributed by atoms with van der Waals surface area (Å²) in [5, 5.41) is 3.72. The summed E-state index contributed by atoms with van der Waals surface area (Å²) in [5.74, 6) is 0.657. The first-order chi connectivity index (χ1) is 5.25. The second-order valence-corrected chi connectivity index (χ2v) is 2.36. The van der Waals surface area contributed by atoms with Gasteiger partial charge < -0.3 is 10.3 Å². The molecule has 1 aromatic heterocycles. The molecular formula is C8H12N2O. The lowest BCUT2D eigenvalue weighted by atomic mass is 10.3. The molecule has 0 bridgehead atoms. The summed E-state index contributed by atoms with van der Waals surface area (Å²) >= 11 is 0. The van der Waals surface area contributed by atoms with Crippen LogP contribution in [0.1, 0.15) is 24.8 Å². The molecule has 60 valence electrons. The summed E-state index contributed by atoms with van der Waals surface area (Å²) in [6.45, 7) is 3.87. The fourth-order valence-corrected chi connectivity index (χ4v) is 0.739. The number of nitrogens with zero attached hydrogens (tertiary/aromatic N) is 1. The molecule has 11 heavy (non-hydrogen) atoms. The van der Waals surface area contributed by atoms with Gasteiger partial charge in [-0.2, -0.15) is 0 Å². The van der Waals surface area contributed by atoms with Crippen LogP contribution < -0.4 is 5.73 Å². The molecule has 0 radical (unpaired) electrons. The summed E-state index contributed by atoms with van der Waals surface area (Å²) in [6, 6.07) is 0. The van der Waals surface area contributed by atoms with Gasteiger partial charge in [0, 0.05) is 0 Å². The predicted molar refractivity (Wildman–Crippen MR) is 45.0 cm³/mol. The SMILES string of the molecule is CC/C=C/c1onc(C)c1N. The normalized spacial score (nSPS) is 11.1. The minimum atomic E-state index is 0.634. The van der Waals surface area contributed by atoms with Crippen molar-refractivity contribution in [2.75, 3.05) is 5.73 Å². The largest absolute Gasteiger partial charge is 0.394 e. The molecule has 1 rings (SSSR count). The number of aromatic nitrogens is 1. The third kappa shape index (κ3) is 1.61. The van der Waals surface area contributed by atoms with E-state index in [4.69, 9.17) is 10.3 Å². The van der Waals surface area contributed by atoms with Gasteiger partial charge in [0.15, 0.2) is 5.76 Å². The lowest BCUT2D eigenvalue weighted by molar-refractivity contribution is 0.408. The second kappa shape index (κ2) is 3.23. The minimum absolute atomic E-state index is 0.634. The molecule has 3 nitrogen and oxygen atoms in total. The van der Waals surface area contributed by atoms with E-state index in [-0.39, 0.29) is 0 Å². The fraction of sp³-hybridized carbons (Fsp3) is 0.375. The van der Waals surface area contributed by atoms with Gasteiger partial charge in [0.1, 0.15) is 11.4 Å². The van der Waals surface area contributed by atoms with E-state index in [1.165, 1.54) is 0 Å². The van der Waals surface area contributed by atoms with Crippen LogP contribution in [0.2, 0.25) is 0 Å². The summed E-state index contributed by atoms with van der Waals surface area (Å²) in [4.78, 5) is 0. The van der Waals surface area contributed by atoms with Crippen molar-refractivity contribution in [1.82, 2.24) is 5.16 Å². The molecule has 0 saturated carbocycles. The van der Waals surface area contributed by atoms with Crippen LogP contribution in [0.3, 0.4) is 0 Å².